The van der Waals surface area contributed by atoms with Gasteiger partial charge < -0.3 is 9.88 Å². The van der Waals surface area contributed by atoms with E-state index in [1.165, 1.54) is 6.07 Å². The fraction of sp³-hybridized carbons (Fsp3) is 0.385. The van der Waals surface area contributed by atoms with Crippen molar-refractivity contribution in [2.24, 2.45) is 0 Å². The van der Waals surface area contributed by atoms with E-state index in [1.54, 1.807) is 6.07 Å². The van der Waals surface area contributed by atoms with Gasteiger partial charge in [-0.25, -0.2) is 4.39 Å². The molecule has 0 radical (unpaired) electrons. The first-order valence-electron chi connectivity index (χ1n) is 5.64. The summed E-state index contributed by atoms with van der Waals surface area (Å²) in [6, 6.07) is 7.41. The van der Waals surface area contributed by atoms with Gasteiger partial charge in [0.1, 0.15) is 5.82 Å². The molecule has 0 saturated carbocycles. The van der Waals surface area contributed by atoms with Gasteiger partial charge in [-0.05, 0) is 29.7 Å². The molecule has 3 heteroatoms. The Balaban J connectivity index is 2.15. The molecule has 16 heavy (non-hydrogen) atoms. The highest BCUT2D eigenvalue weighted by Crippen LogP contribution is 2.16. The lowest BCUT2D eigenvalue weighted by Crippen LogP contribution is -2.26. The van der Waals surface area contributed by atoms with Gasteiger partial charge in [-0.2, -0.15) is 0 Å². The highest BCUT2D eigenvalue weighted by molar-refractivity contribution is 5.80. The van der Waals surface area contributed by atoms with Gasteiger partial charge in [0.15, 0.2) is 0 Å². The van der Waals surface area contributed by atoms with Gasteiger partial charge >= 0.3 is 0 Å². The molecule has 0 amide bonds. The minimum absolute atomic E-state index is 0.177. The van der Waals surface area contributed by atoms with E-state index >= 15 is 0 Å². The summed E-state index contributed by atoms with van der Waals surface area (Å²) in [7, 11) is 0. The van der Waals surface area contributed by atoms with Crippen molar-refractivity contribution in [3.05, 3.63) is 36.3 Å². The third-order valence-corrected chi connectivity index (χ3v) is 2.64. The third kappa shape index (κ3) is 2.42. The van der Waals surface area contributed by atoms with Crippen molar-refractivity contribution in [3.63, 3.8) is 0 Å². The van der Waals surface area contributed by atoms with Crippen LogP contribution in [-0.4, -0.2) is 17.2 Å². The smallest absolute Gasteiger partial charge is 0.125 e. The fourth-order valence-corrected chi connectivity index (χ4v) is 1.83. The van der Waals surface area contributed by atoms with E-state index in [1.807, 2.05) is 18.3 Å². The summed E-state index contributed by atoms with van der Waals surface area (Å²) < 4.78 is 15.2. The molecule has 2 nitrogen and oxygen atoms in total. The van der Waals surface area contributed by atoms with Crippen molar-refractivity contribution < 1.29 is 4.39 Å². The molecule has 86 valence electrons. The van der Waals surface area contributed by atoms with Gasteiger partial charge in [-0.1, -0.05) is 13.8 Å². The first kappa shape index (κ1) is 11.1. The van der Waals surface area contributed by atoms with Crippen LogP contribution in [-0.2, 0) is 6.54 Å². The predicted molar refractivity (Wildman–Crippen MR) is 65.0 cm³/mol. The maximum atomic E-state index is 13.1. The van der Waals surface area contributed by atoms with Crippen molar-refractivity contribution in [1.29, 1.82) is 0 Å². The summed E-state index contributed by atoms with van der Waals surface area (Å²) in [6.45, 7) is 6.00. The van der Waals surface area contributed by atoms with Gasteiger partial charge in [-0.3, -0.25) is 0 Å². The Morgan fingerprint density at radius 1 is 1.31 bits per heavy atom. The molecule has 0 spiro atoms. The Morgan fingerprint density at radius 3 is 2.88 bits per heavy atom. The Labute approximate surface area is 95.1 Å². The Hall–Kier alpha value is -1.35. The van der Waals surface area contributed by atoms with Crippen molar-refractivity contribution in [2.45, 2.75) is 26.4 Å². The number of benzene rings is 1. The summed E-state index contributed by atoms with van der Waals surface area (Å²) in [4.78, 5) is 0. The highest BCUT2D eigenvalue weighted by Gasteiger charge is 2.02. The molecule has 0 unspecified atom stereocenters. The number of nitrogens with zero attached hydrogens (tertiary/aromatic N) is 1. The van der Waals surface area contributed by atoms with E-state index < -0.39 is 0 Å². The molecule has 0 saturated heterocycles. The Morgan fingerprint density at radius 2 is 2.12 bits per heavy atom. The van der Waals surface area contributed by atoms with Crippen LogP contribution in [0.3, 0.4) is 0 Å². The molecule has 1 aromatic carbocycles. The molecule has 2 rings (SSSR count). The lowest BCUT2D eigenvalue weighted by Gasteiger charge is -2.09. The number of fused-ring (bicyclic) bond motifs is 1. The quantitative estimate of drug-likeness (QED) is 0.838. The SMILES string of the molecule is CC(C)NCCn1ccc2ccc(F)cc21. The molecule has 0 fully saturated rings. The van der Waals surface area contributed by atoms with Crippen LogP contribution in [0.2, 0.25) is 0 Å². The lowest BCUT2D eigenvalue weighted by molar-refractivity contribution is 0.547. The molecule has 0 aliphatic rings. The van der Waals surface area contributed by atoms with Crippen molar-refractivity contribution in [3.8, 4) is 0 Å². The van der Waals surface area contributed by atoms with Crippen LogP contribution in [0.1, 0.15) is 13.8 Å². The van der Waals surface area contributed by atoms with Gasteiger partial charge in [0.25, 0.3) is 0 Å². The van der Waals surface area contributed by atoms with Crippen LogP contribution < -0.4 is 5.32 Å². The predicted octanol–water partition coefficient (Wildman–Crippen LogP) is 2.78. The van der Waals surface area contributed by atoms with Crippen LogP contribution in [0.15, 0.2) is 30.5 Å². The maximum absolute atomic E-state index is 13.1. The normalized spacial score (nSPS) is 11.5. The second-order valence-electron chi connectivity index (χ2n) is 4.32. The van der Waals surface area contributed by atoms with Gasteiger partial charge in [0.05, 0.1) is 5.52 Å². The largest absolute Gasteiger partial charge is 0.346 e. The van der Waals surface area contributed by atoms with Crippen molar-refractivity contribution in [1.82, 2.24) is 9.88 Å². The average Bonchev–Trinajstić information content (AvgIpc) is 2.60. The van der Waals surface area contributed by atoms with Crippen molar-refractivity contribution >= 4 is 10.9 Å². The number of hydrogen-bond donors (Lipinski definition) is 1. The molecular formula is C13H17FN2. The first-order valence-corrected chi connectivity index (χ1v) is 5.64. The zero-order valence-electron chi connectivity index (χ0n) is 9.70. The highest BCUT2D eigenvalue weighted by atomic mass is 19.1. The number of halogens is 1. The van der Waals surface area contributed by atoms with Crippen molar-refractivity contribution in [2.75, 3.05) is 6.54 Å². The number of hydrogen-bond acceptors (Lipinski definition) is 1. The van der Waals surface area contributed by atoms with E-state index in [0.717, 1.165) is 24.0 Å². The molecule has 0 bridgehead atoms. The van der Waals surface area contributed by atoms with E-state index in [-0.39, 0.29) is 5.82 Å². The van der Waals surface area contributed by atoms with E-state index in [4.69, 9.17) is 0 Å². The molecule has 1 aromatic heterocycles. The van der Waals surface area contributed by atoms with Crippen LogP contribution in [0.5, 0.6) is 0 Å². The summed E-state index contributed by atoms with van der Waals surface area (Å²) >= 11 is 0. The second-order valence-corrected chi connectivity index (χ2v) is 4.32. The molecule has 0 aliphatic carbocycles. The van der Waals surface area contributed by atoms with Gasteiger partial charge in [0.2, 0.25) is 0 Å². The number of aromatic nitrogens is 1. The first-order chi connectivity index (χ1) is 7.66. The third-order valence-electron chi connectivity index (χ3n) is 2.64. The van der Waals surface area contributed by atoms with Crippen LogP contribution in [0.25, 0.3) is 10.9 Å². The van der Waals surface area contributed by atoms with Crippen LogP contribution in [0.4, 0.5) is 4.39 Å². The average molecular weight is 220 g/mol. The second kappa shape index (κ2) is 4.66. The number of nitrogens with one attached hydrogen (secondary N) is 1. The van der Waals surface area contributed by atoms with E-state index in [2.05, 4.69) is 23.7 Å². The zero-order chi connectivity index (χ0) is 11.5. The van der Waals surface area contributed by atoms with Gasteiger partial charge in [-0.15, -0.1) is 0 Å². The monoisotopic (exact) mass is 220 g/mol. The minimum Gasteiger partial charge on any atom is -0.346 e. The fourth-order valence-electron chi connectivity index (χ4n) is 1.83. The standard InChI is InChI=1S/C13H17FN2/c1-10(2)15-6-8-16-7-5-11-3-4-12(14)9-13(11)16/h3-5,7,9-10,15H,6,8H2,1-2H3. The van der Waals surface area contributed by atoms with E-state index in [0.29, 0.717) is 6.04 Å². The minimum atomic E-state index is -0.177. The molecular weight excluding hydrogens is 203 g/mol. The van der Waals surface area contributed by atoms with Gasteiger partial charge in [0, 0.05) is 25.3 Å². The molecule has 1 heterocycles. The molecule has 2 aromatic rings. The van der Waals surface area contributed by atoms with Crippen LogP contribution in [0, 0.1) is 5.82 Å². The summed E-state index contributed by atoms with van der Waals surface area (Å²) in [5, 5.41) is 4.44. The topological polar surface area (TPSA) is 17.0 Å². The molecule has 1 N–H and O–H groups in total. The Kier molecular flexibility index (Phi) is 3.25. The van der Waals surface area contributed by atoms with Crippen LogP contribution >= 0.6 is 0 Å². The maximum Gasteiger partial charge on any atom is 0.125 e. The molecule has 0 atom stereocenters. The summed E-state index contributed by atoms with van der Waals surface area (Å²) in [6.07, 6.45) is 2.01. The zero-order valence-corrected chi connectivity index (χ0v) is 9.70. The summed E-state index contributed by atoms with van der Waals surface area (Å²) in [5.74, 6) is -0.177. The Bertz CT molecular complexity index is 474. The number of rotatable bonds is 4. The lowest BCUT2D eigenvalue weighted by atomic mass is 10.2. The molecule has 0 aliphatic heterocycles. The summed E-state index contributed by atoms with van der Waals surface area (Å²) in [5.41, 5.74) is 0.963. The van der Waals surface area contributed by atoms with E-state index in [9.17, 15) is 4.39 Å².